The number of esters is 1. The number of hydrogen-bond acceptors (Lipinski definition) is 5. The summed E-state index contributed by atoms with van der Waals surface area (Å²) in [6.45, 7) is 3.95. The summed E-state index contributed by atoms with van der Waals surface area (Å²) in [5.41, 5.74) is 8.02. The SMILES string of the molecule is CCOC(=O)c1sc(-c2cccc(N)c2)nc1C. The molecule has 1 heterocycles. The molecular formula is C13H14N2O2S. The summed E-state index contributed by atoms with van der Waals surface area (Å²) in [4.78, 5) is 16.6. The summed E-state index contributed by atoms with van der Waals surface area (Å²) in [6, 6.07) is 7.44. The van der Waals surface area contributed by atoms with Crippen molar-refractivity contribution in [2.24, 2.45) is 0 Å². The number of carbonyl (C=O) groups is 1. The molecule has 0 bridgehead atoms. The van der Waals surface area contributed by atoms with Crippen molar-refractivity contribution in [1.82, 2.24) is 4.98 Å². The molecule has 0 aliphatic rings. The van der Waals surface area contributed by atoms with Crippen LogP contribution in [0.15, 0.2) is 24.3 Å². The number of benzene rings is 1. The summed E-state index contributed by atoms with van der Waals surface area (Å²) in [5, 5.41) is 0.780. The molecule has 5 heteroatoms. The van der Waals surface area contributed by atoms with Gasteiger partial charge in [0.05, 0.1) is 12.3 Å². The monoisotopic (exact) mass is 262 g/mol. The van der Waals surface area contributed by atoms with E-state index in [4.69, 9.17) is 10.5 Å². The minimum atomic E-state index is -0.317. The Morgan fingerprint density at radius 3 is 2.94 bits per heavy atom. The molecule has 1 aromatic heterocycles. The molecule has 2 N–H and O–H groups in total. The van der Waals surface area contributed by atoms with Crippen molar-refractivity contribution in [2.75, 3.05) is 12.3 Å². The molecule has 94 valence electrons. The molecule has 0 atom stereocenters. The number of carbonyl (C=O) groups excluding carboxylic acids is 1. The van der Waals surface area contributed by atoms with Gasteiger partial charge in [0.1, 0.15) is 9.88 Å². The average Bonchev–Trinajstić information content (AvgIpc) is 2.72. The Labute approximate surface area is 109 Å². The predicted molar refractivity (Wildman–Crippen MR) is 72.7 cm³/mol. The van der Waals surface area contributed by atoms with Crippen molar-refractivity contribution in [3.8, 4) is 10.6 Å². The van der Waals surface area contributed by atoms with E-state index in [1.807, 2.05) is 24.3 Å². The Balaban J connectivity index is 2.37. The van der Waals surface area contributed by atoms with Gasteiger partial charge < -0.3 is 10.5 Å². The maximum atomic E-state index is 11.7. The number of aryl methyl sites for hydroxylation is 1. The third kappa shape index (κ3) is 2.51. The van der Waals surface area contributed by atoms with Crippen molar-refractivity contribution in [2.45, 2.75) is 13.8 Å². The van der Waals surface area contributed by atoms with Crippen LogP contribution < -0.4 is 5.73 Å². The van der Waals surface area contributed by atoms with Crippen molar-refractivity contribution in [1.29, 1.82) is 0 Å². The lowest BCUT2D eigenvalue weighted by Gasteiger charge is -1.98. The first kappa shape index (κ1) is 12.6. The largest absolute Gasteiger partial charge is 0.462 e. The first-order chi connectivity index (χ1) is 8.61. The van der Waals surface area contributed by atoms with Gasteiger partial charge in [0.25, 0.3) is 0 Å². The molecule has 0 saturated heterocycles. The molecule has 0 fully saturated rings. The molecule has 2 rings (SSSR count). The quantitative estimate of drug-likeness (QED) is 0.682. The van der Waals surface area contributed by atoms with E-state index in [0.717, 1.165) is 10.6 Å². The van der Waals surface area contributed by atoms with Gasteiger partial charge in [0.2, 0.25) is 0 Å². The van der Waals surface area contributed by atoms with E-state index >= 15 is 0 Å². The molecule has 0 unspecified atom stereocenters. The van der Waals surface area contributed by atoms with E-state index in [1.165, 1.54) is 11.3 Å². The van der Waals surface area contributed by atoms with Crippen LogP contribution in [0.3, 0.4) is 0 Å². The Bertz CT molecular complexity index is 578. The molecule has 0 radical (unpaired) electrons. The summed E-state index contributed by atoms with van der Waals surface area (Å²) in [7, 11) is 0. The van der Waals surface area contributed by atoms with Gasteiger partial charge in [-0.2, -0.15) is 0 Å². The Morgan fingerprint density at radius 1 is 1.50 bits per heavy atom. The molecule has 18 heavy (non-hydrogen) atoms. The van der Waals surface area contributed by atoms with Gasteiger partial charge in [-0.3, -0.25) is 0 Å². The van der Waals surface area contributed by atoms with Crippen LogP contribution in [0.5, 0.6) is 0 Å². The third-order valence-electron chi connectivity index (χ3n) is 2.39. The Kier molecular flexibility index (Phi) is 3.62. The number of rotatable bonds is 3. The second kappa shape index (κ2) is 5.18. The van der Waals surface area contributed by atoms with Gasteiger partial charge in [-0.15, -0.1) is 11.3 Å². The normalized spacial score (nSPS) is 10.3. The fraction of sp³-hybridized carbons (Fsp3) is 0.231. The van der Waals surface area contributed by atoms with Crippen molar-refractivity contribution < 1.29 is 9.53 Å². The molecule has 0 amide bonds. The second-order valence-corrected chi connectivity index (χ2v) is 4.78. The van der Waals surface area contributed by atoms with Crippen LogP contribution >= 0.6 is 11.3 Å². The highest BCUT2D eigenvalue weighted by molar-refractivity contribution is 7.17. The van der Waals surface area contributed by atoms with E-state index in [-0.39, 0.29) is 5.97 Å². The third-order valence-corrected chi connectivity index (χ3v) is 3.58. The maximum Gasteiger partial charge on any atom is 0.350 e. The lowest BCUT2D eigenvalue weighted by atomic mass is 10.2. The van der Waals surface area contributed by atoms with E-state index < -0.39 is 0 Å². The maximum absolute atomic E-state index is 11.7. The number of anilines is 1. The van der Waals surface area contributed by atoms with E-state index in [2.05, 4.69) is 4.98 Å². The van der Waals surface area contributed by atoms with Gasteiger partial charge in [-0.05, 0) is 26.0 Å². The van der Waals surface area contributed by atoms with E-state index in [9.17, 15) is 4.79 Å². The van der Waals surface area contributed by atoms with E-state index in [1.54, 1.807) is 13.8 Å². The average molecular weight is 262 g/mol. The van der Waals surface area contributed by atoms with Gasteiger partial charge in [0.15, 0.2) is 0 Å². The molecule has 0 spiro atoms. The summed E-state index contributed by atoms with van der Waals surface area (Å²) >= 11 is 1.33. The smallest absolute Gasteiger partial charge is 0.350 e. The standard InChI is InChI=1S/C13H14N2O2S/c1-3-17-13(16)11-8(2)15-12(18-11)9-5-4-6-10(14)7-9/h4-7H,3,14H2,1-2H3. The topological polar surface area (TPSA) is 65.2 Å². The minimum absolute atomic E-state index is 0.317. The number of thiazole rings is 1. The Morgan fingerprint density at radius 2 is 2.28 bits per heavy atom. The lowest BCUT2D eigenvalue weighted by molar-refractivity contribution is 0.0531. The second-order valence-electron chi connectivity index (χ2n) is 3.78. The fourth-order valence-corrected chi connectivity index (χ4v) is 2.53. The lowest BCUT2D eigenvalue weighted by Crippen LogP contribution is -2.03. The highest BCUT2D eigenvalue weighted by Gasteiger charge is 2.16. The fourth-order valence-electron chi connectivity index (χ4n) is 1.58. The van der Waals surface area contributed by atoms with Gasteiger partial charge in [-0.1, -0.05) is 12.1 Å². The van der Waals surface area contributed by atoms with Crippen molar-refractivity contribution in [3.63, 3.8) is 0 Å². The van der Waals surface area contributed by atoms with Crippen LogP contribution in [0, 0.1) is 6.92 Å². The Hall–Kier alpha value is -1.88. The van der Waals surface area contributed by atoms with Crippen LogP contribution in [-0.4, -0.2) is 17.6 Å². The highest BCUT2D eigenvalue weighted by atomic mass is 32.1. The van der Waals surface area contributed by atoms with Crippen LogP contribution in [0.4, 0.5) is 5.69 Å². The first-order valence-electron chi connectivity index (χ1n) is 5.62. The number of nitrogens with two attached hydrogens (primary N) is 1. The zero-order valence-electron chi connectivity index (χ0n) is 10.3. The molecule has 1 aromatic carbocycles. The predicted octanol–water partition coefficient (Wildman–Crippen LogP) is 2.88. The van der Waals surface area contributed by atoms with Gasteiger partial charge >= 0.3 is 5.97 Å². The van der Waals surface area contributed by atoms with E-state index in [0.29, 0.717) is 22.9 Å². The molecule has 2 aromatic rings. The molecule has 4 nitrogen and oxygen atoms in total. The summed E-state index contributed by atoms with van der Waals surface area (Å²) < 4.78 is 4.99. The number of nitrogens with zero attached hydrogens (tertiary/aromatic N) is 1. The minimum Gasteiger partial charge on any atom is -0.462 e. The number of nitrogen functional groups attached to an aromatic ring is 1. The zero-order chi connectivity index (χ0) is 13.1. The van der Waals surface area contributed by atoms with Crippen LogP contribution in [-0.2, 0) is 4.74 Å². The molecule has 0 saturated carbocycles. The van der Waals surface area contributed by atoms with Crippen molar-refractivity contribution >= 4 is 23.0 Å². The van der Waals surface area contributed by atoms with Gasteiger partial charge in [0, 0.05) is 11.3 Å². The molecular weight excluding hydrogens is 248 g/mol. The van der Waals surface area contributed by atoms with Gasteiger partial charge in [-0.25, -0.2) is 9.78 Å². The van der Waals surface area contributed by atoms with Crippen LogP contribution in [0.1, 0.15) is 22.3 Å². The summed E-state index contributed by atoms with van der Waals surface area (Å²) in [6.07, 6.45) is 0. The number of hydrogen-bond donors (Lipinski definition) is 1. The number of ether oxygens (including phenoxy) is 1. The highest BCUT2D eigenvalue weighted by Crippen LogP contribution is 2.29. The number of aromatic nitrogens is 1. The van der Waals surface area contributed by atoms with Crippen molar-refractivity contribution in [3.05, 3.63) is 34.8 Å². The first-order valence-corrected chi connectivity index (χ1v) is 6.44. The zero-order valence-corrected chi connectivity index (χ0v) is 11.1. The van der Waals surface area contributed by atoms with Crippen LogP contribution in [0.25, 0.3) is 10.6 Å². The molecule has 0 aliphatic heterocycles. The summed E-state index contributed by atoms with van der Waals surface area (Å²) in [5.74, 6) is -0.317. The van der Waals surface area contributed by atoms with Crippen LogP contribution in [0.2, 0.25) is 0 Å². The molecule has 0 aliphatic carbocycles.